The van der Waals surface area contributed by atoms with E-state index in [1.165, 1.54) is 4.90 Å². The molecule has 1 fully saturated rings. The van der Waals surface area contributed by atoms with Crippen molar-refractivity contribution in [1.29, 1.82) is 0 Å². The predicted octanol–water partition coefficient (Wildman–Crippen LogP) is 4.70. The highest BCUT2D eigenvalue weighted by atomic mass is 32.1. The summed E-state index contributed by atoms with van der Waals surface area (Å²) in [6.07, 6.45) is -2.83. The van der Waals surface area contributed by atoms with Gasteiger partial charge in [0.15, 0.2) is 5.69 Å². The number of hydrogen-bond acceptors (Lipinski definition) is 3. The summed E-state index contributed by atoms with van der Waals surface area (Å²) in [6.45, 7) is 3.00. The first-order valence-electron chi connectivity index (χ1n) is 7.79. The maximum Gasteiger partial charge on any atom is 0.435 e. The zero-order valence-electron chi connectivity index (χ0n) is 13.1. The molecule has 0 radical (unpaired) electrons. The molecule has 1 aromatic carbocycles. The van der Waals surface area contributed by atoms with Crippen LogP contribution < -0.4 is 0 Å². The van der Waals surface area contributed by atoms with E-state index in [9.17, 15) is 18.0 Å². The van der Waals surface area contributed by atoms with Crippen LogP contribution in [0.5, 0.6) is 0 Å². The molecule has 0 N–H and O–H groups in total. The van der Waals surface area contributed by atoms with E-state index in [1.807, 2.05) is 6.92 Å². The van der Waals surface area contributed by atoms with Crippen LogP contribution in [-0.2, 0) is 6.18 Å². The Hall–Kier alpha value is -1.89. The first-order valence-corrected chi connectivity index (χ1v) is 8.60. The average Bonchev–Trinajstić information content (AvgIpc) is 3.00. The van der Waals surface area contributed by atoms with Gasteiger partial charge in [0.1, 0.15) is 9.88 Å². The number of benzene rings is 1. The lowest BCUT2D eigenvalue weighted by Crippen LogP contribution is -2.39. The van der Waals surface area contributed by atoms with E-state index < -0.39 is 17.8 Å². The molecule has 0 spiro atoms. The summed E-state index contributed by atoms with van der Waals surface area (Å²) < 4.78 is 40.1. The van der Waals surface area contributed by atoms with E-state index in [0.29, 0.717) is 24.6 Å². The summed E-state index contributed by atoms with van der Waals surface area (Å²) >= 11 is 0.820. The third kappa shape index (κ3) is 3.45. The van der Waals surface area contributed by atoms with Gasteiger partial charge in [-0.15, -0.1) is 11.3 Å². The maximum atomic E-state index is 13.4. The zero-order chi connectivity index (χ0) is 17.3. The van der Waals surface area contributed by atoms with Crippen LogP contribution in [0.15, 0.2) is 30.3 Å². The third-order valence-corrected chi connectivity index (χ3v) is 5.15. The fraction of sp³-hybridized carbons (Fsp3) is 0.412. The zero-order valence-corrected chi connectivity index (χ0v) is 14.0. The average molecular weight is 354 g/mol. The number of nitrogens with zero attached hydrogens (tertiary/aromatic N) is 2. The number of halogens is 3. The van der Waals surface area contributed by atoms with Crippen LogP contribution in [0.3, 0.4) is 0 Å². The first-order chi connectivity index (χ1) is 11.4. The van der Waals surface area contributed by atoms with Crippen molar-refractivity contribution in [2.24, 2.45) is 5.92 Å². The number of aromatic nitrogens is 1. The predicted molar refractivity (Wildman–Crippen MR) is 86.9 cm³/mol. The Balaban J connectivity index is 1.99. The van der Waals surface area contributed by atoms with Crippen molar-refractivity contribution in [1.82, 2.24) is 9.88 Å². The van der Waals surface area contributed by atoms with Crippen molar-refractivity contribution in [3.05, 3.63) is 40.9 Å². The summed E-state index contributed by atoms with van der Waals surface area (Å²) in [7, 11) is 0. The molecule has 128 valence electrons. The number of piperidine rings is 1. The second-order valence-electron chi connectivity index (χ2n) is 6.06. The van der Waals surface area contributed by atoms with E-state index in [1.54, 1.807) is 30.3 Å². The monoisotopic (exact) mass is 354 g/mol. The van der Waals surface area contributed by atoms with Gasteiger partial charge in [-0.3, -0.25) is 4.79 Å². The number of hydrogen-bond donors (Lipinski definition) is 0. The van der Waals surface area contributed by atoms with Crippen LogP contribution in [0.1, 0.15) is 35.1 Å². The Morgan fingerprint density at radius 1 is 1.29 bits per heavy atom. The van der Waals surface area contributed by atoms with Gasteiger partial charge in [0, 0.05) is 18.7 Å². The van der Waals surface area contributed by atoms with Gasteiger partial charge in [0.05, 0.1) is 0 Å². The number of rotatable bonds is 2. The van der Waals surface area contributed by atoms with Crippen LogP contribution in [-0.4, -0.2) is 28.9 Å². The van der Waals surface area contributed by atoms with E-state index in [4.69, 9.17) is 0 Å². The van der Waals surface area contributed by atoms with Gasteiger partial charge in [-0.05, 0) is 18.8 Å². The Kier molecular flexibility index (Phi) is 4.62. The molecular weight excluding hydrogens is 337 g/mol. The van der Waals surface area contributed by atoms with E-state index in [-0.39, 0.29) is 9.88 Å². The topological polar surface area (TPSA) is 33.2 Å². The molecule has 1 aliphatic heterocycles. The van der Waals surface area contributed by atoms with Crippen LogP contribution in [0.2, 0.25) is 0 Å². The Labute approximate surface area is 142 Å². The molecule has 1 aromatic heterocycles. The first kappa shape index (κ1) is 17.0. The third-order valence-electron chi connectivity index (χ3n) is 4.05. The van der Waals surface area contributed by atoms with Crippen molar-refractivity contribution in [2.45, 2.75) is 25.9 Å². The van der Waals surface area contributed by atoms with Crippen molar-refractivity contribution >= 4 is 17.2 Å². The van der Waals surface area contributed by atoms with Gasteiger partial charge >= 0.3 is 6.18 Å². The van der Waals surface area contributed by atoms with Crippen molar-refractivity contribution < 1.29 is 18.0 Å². The van der Waals surface area contributed by atoms with E-state index in [2.05, 4.69) is 4.98 Å². The maximum absolute atomic E-state index is 13.4. The van der Waals surface area contributed by atoms with Gasteiger partial charge in [0.25, 0.3) is 5.91 Å². The highest BCUT2D eigenvalue weighted by molar-refractivity contribution is 7.17. The highest BCUT2D eigenvalue weighted by Crippen LogP contribution is 2.38. The second kappa shape index (κ2) is 6.55. The van der Waals surface area contributed by atoms with Crippen molar-refractivity contribution in [2.75, 3.05) is 13.1 Å². The molecule has 1 aliphatic rings. The standard InChI is InChI=1S/C17H17F3N2OS/c1-11-6-5-9-22(10-11)16(23)13-14(17(18,19)20)21-15(24-13)12-7-3-2-4-8-12/h2-4,7-8,11H,5-6,9-10H2,1H3. The molecule has 2 aromatic rings. The van der Waals surface area contributed by atoms with Gasteiger partial charge in [0.2, 0.25) is 0 Å². The summed E-state index contributed by atoms with van der Waals surface area (Å²) in [5.74, 6) is -0.257. The minimum Gasteiger partial charge on any atom is -0.338 e. The minimum absolute atomic E-state index is 0.219. The highest BCUT2D eigenvalue weighted by Gasteiger charge is 2.41. The SMILES string of the molecule is CC1CCCN(C(=O)c2sc(-c3ccccc3)nc2C(F)(F)F)C1. The normalized spacial score (nSPS) is 18.7. The molecular formula is C17H17F3N2OS. The quantitative estimate of drug-likeness (QED) is 0.783. The number of carbonyl (C=O) groups is 1. The van der Waals surface area contributed by atoms with Gasteiger partial charge in [-0.2, -0.15) is 13.2 Å². The molecule has 1 unspecified atom stereocenters. The largest absolute Gasteiger partial charge is 0.435 e. The number of thiazole rings is 1. The number of likely N-dealkylation sites (tertiary alicyclic amines) is 1. The molecule has 1 amide bonds. The lowest BCUT2D eigenvalue weighted by Gasteiger charge is -2.30. The molecule has 24 heavy (non-hydrogen) atoms. The Morgan fingerprint density at radius 3 is 2.62 bits per heavy atom. The van der Waals surface area contributed by atoms with Crippen LogP contribution in [0.4, 0.5) is 13.2 Å². The lowest BCUT2D eigenvalue weighted by molar-refractivity contribution is -0.141. The summed E-state index contributed by atoms with van der Waals surface area (Å²) in [6, 6.07) is 8.63. The van der Waals surface area contributed by atoms with E-state index in [0.717, 1.165) is 24.2 Å². The Morgan fingerprint density at radius 2 is 2.00 bits per heavy atom. The molecule has 0 saturated carbocycles. The molecule has 3 nitrogen and oxygen atoms in total. The van der Waals surface area contributed by atoms with Crippen LogP contribution in [0.25, 0.3) is 10.6 Å². The van der Waals surface area contributed by atoms with Crippen LogP contribution in [0, 0.1) is 5.92 Å². The summed E-state index contributed by atoms with van der Waals surface area (Å²) in [5.41, 5.74) is -0.492. The molecule has 0 aliphatic carbocycles. The smallest absolute Gasteiger partial charge is 0.338 e. The number of amides is 1. The molecule has 7 heteroatoms. The molecule has 1 saturated heterocycles. The minimum atomic E-state index is -4.64. The van der Waals surface area contributed by atoms with Gasteiger partial charge < -0.3 is 4.90 Å². The second-order valence-corrected chi connectivity index (χ2v) is 7.06. The molecule has 0 bridgehead atoms. The number of carbonyl (C=O) groups excluding carboxylic acids is 1. The van der Waals surface area contributed by atoms with Gasteiger partial charge in [-0.25, -0.2) is 4.98 Å². The Bertz CT molecular complexity index is 727. The van der Waals surface area contributed by atoms with Crippen molar-refractivity contribution in [3.63, 3.8) is 0 Å². The number of alkyl halides is 3. The lowest BCUT2D eigenvalue weighted by atomic mass is 10.0. The van der Waals surface area contributed by atoms with Crippen LogP contribution >= 0.6 is 11.3 Å². The molecule has 1 atom stereocenters. The van der Waals surface area contributed by atoms with Gasteiger partial charge in [-0.1, -0.05) is 37.3 Å². The van der Waals surface area contributed by atoms with E-state index >= 15 is 0 Å². The summed E-state index contributed by atoms with van der Waals surface area (Å²) in [5, 5.41) is 0.219. The fourth-order valence-electron chi connectivity index (χ4n) is 2.88. The van der Waals surface area contributed by atoms with Crippen molar-refractivity contribution in [3.8, 4) is 10.6 Å². The summed E-state index contributed by atoms with van der Waals surface area (Å²) in [4.78, 5) is 17.6. The molecule has 3 rings (SSSR count). The fourth-order valence-corrected chi connectivity index (χ4v) is 3.94. The molecule has 2 heterocycles.